The van der Waals surface area contributed by atoms with Crippen molar-refractivity contribution in [3.8, 4) is 11.1 Å². The van der Waals surface area contributed by atoms with Crippen LogP contribution >= 0.6 is 0 Å². The lowest BCUT2D eigenvalue weighted by atomic mass is 9.89. The lowest BCUT2D eigenvalue weighted by Gasteiger charge is -2.43. The molecule has 0 unspecified atom stereocenters. The quantitative estimate of drug-likeness (QED) is 0.0885. The van der Waals surface area contributed by atoms with Gasteiger partial charge in [-0.1, -0.05) is 164 Å². The summed E-state index contributed by atoms with van der Waals surface area (Å²) < 4.78 is 43.4. The fourth-order valence-corrected chi connectivity index (χ4v) is 9.78. The number of amides is 1. The third kappa shape index (κ3) is 10.9. The molecule has 0 radical (unpaired) electrons. The number of sulfonamides is 1. The number of benzene rings is 7. The van der Waals surface area contributed by atoms with E-state index in [9.17, 15) is 18.3 Å². The Kier molecular flexibility index (Phi) is 14.3. The van der Waals surface area contributed by atoms with Gasteiger partial charge in [-0.15, -0.1) is 0 Å². The molecule has 3 N–H and O–H groups in total. The molecule has 1 fully saturated rings. The molecule has 65 heavy (non-hydrogen) atoms. The largest absolute Gasteiger partial charge is 0.392 e. The van der Waals surface area contributed by atoms with Crippen LogP contribution < -0.4 is 10.0 Å². The van der Waals surface area contributed by atoms with E-state index in [1.54, 1.807) is 24.3 Å². The van der Waals surface area contributed by atoms with Crippen LogP contribution in [-0.4, -0.2) is 50.1 Å². The van der Waals surface area contributed by atoms with Crippen molar-refractivity contribution in [2.75, 3.05) is 13.6 Å². The number of carbonyl (C=O) groups is 1. The van der Waals surface area contributed by atoms with Gasteiger partial charge >= 0.3 is 0 Å². The van der Waals surface area contributed by atoms with Crippen LogP contribution in [0, 0.1) is 12.8 Å². The number of fused-ring (bicyclic) bond motifs is 1. The smallest absolute Gasteiger partial charge is 0.241 e. The van der Waals surface area contributed by atoms with Crippen LogP contribution in [0.4, 0.5) is 0 Å². The minimum Gasteiger partial charge on any atom is -0.392 e. The first-order valence-corrected chi connectivity index (χ1v) is 23.7. The molecule has 1 amide bonds. The predicted octanol–water partition coefficient (Wildman–Crippen LogP) is 10.00. The summed E-state index contributed by atoms with van der Waals surface area (Å²) in [5.41, 5.74) is 8.51. The zero-order valence-corrected chi connectivity index (χ0v) is 38.1. The van der Waals surface area contributed by atoms with E-state index in [4.69, 9.17) is 9.47 Å². The summed E-state index contributed by atoms with van der Waals surface area (Å²) in [6.07, 6.45) is -0.885. The van der Waals surface area contributed by atoms with Crippen molar-refractivity contribution in [2.45, 2.75) is 75.8 Å². The van der Waals surface area contributed by atoms with Gasteiger partial charge in [0.1, 0.15) is 6.04 Å². The number of aliphatic hydroxyl groups excluding tert-OH is 1. The molecule has 6 atom stereocenters. The number of nitrogens with zero attached hydrogens (tertiary/aromatic N) is 1. The van der Waals surface area contributed by atoms with Crippen LogP contribution in [0.1, 0.15) is 71.2 Å². The highest BCUT2D eigenvalue weighted by Crippen LogP contribution is 2.43. The molecule has 7 aromatic carbocycles. The van der Waals surface area contributed by atoms with Crippen LogP contribution in [0.3, 0.4) is 0 Å². The Balaban J connectivity index is 0.997. The number of nitrogens with one attached hydrogen (secondary N) is 2. The maximum Gasteiger partial charge on any atom is 0.241 e. The molecule has 1 saturated heterocycles. The number of hydrogen-bond donors (Lipinski definition) is 3. The van der Waals surface area contributed by atoms with E-state index in [0.717, 1.165) is 44.5 Å². The van der Waals surface area contributed by atoms with Crippen LogP contribution in [-0.2, 0) is 43.9 Å². The van der Waals surface area contributed by atoms with Gasteiger partial charge < -0.3 is 19.9 Å². The molecule has 0 aromatic heterocycles. The summed E-state index contributed by atoms with van der Waals surface area (Å²) in [6.45, 7) is 7.14. The highest BCUT2D eigenvalue weighted by molar-refractivity contribution is 7.89. The first-order valence-electron chi connectivity index (χ1n) is 22.2. The fourth-order valence-electron chi connectivity index (χ4n) is 8.58. The van der Waals surface area contributed by atoms with Gasteiger partial charge in [-0.25, -0.2) is 8.42 Å². The average molecular weight is 888 g/mol. The molecule has 0 spiro atoms. The van der Waals surface area contributed by atoms with Crippen molar-refractivity contribution in [2.24, 2.45) is 5.92 Å². The normalized spacial score (nSPS) is 18.6. The molecule has 1 aliphatic rings. The maximum absolute atomic E-state index is 13.9. The molecule has 7 aromatic rings. The molecule has 0 aliphatic carbocycles. The SMILES string of the molecule is Cc1ccc(S(=O)(=O)N[C@H](Cc2ccccc2)C(=O)NCc2ccccc2-c2ccc([C@H]3O[C@@H](CN(C)[C@H](C)c4ccc5ccccc5c4)[C@@H](C)[C@@H](c4ccc(CO)cc4)O3)cc2)cc1. The van der Waals surface area contributed by atoms with E-state index >= 15 is 0 Å². The number of hydrogen-bond acceptors (Lipinski definition) is 7. The molecule has 0 bridgehead atoms. The number of carbonyl (C=O) groups excluding carboxylic acids is 1. The van der Waals surface area contributed by atoms with Crippen molar-refractivity contribution in [3.05, 3.63) is 209 Å². The number of ether oxygens (including phenoxy) is 2. The third-order valence-corrected chi connectivity index (χ3v) is 14.2. The Morgan fingerprint density at radius 2 is 1.40 bits per heavy atom. The molecule has 8 rings (SSSR count). The summed E-state index contributed by atoms with van der Waals surface area (Å²) >= 11 is 0. The van der Waals surface area contributed by atoms with E-state index in [1.165, 1.54) is 16.3 Å². The zero-order chi connectivity index (χ0) is 45.5. The third-order valence-electron chi connectivity index (χ3n) is 12.7. The lowest BCUT2D eigenvalue weighted by Crippen LogP contribution is -2.47. The van der Waals surface area contributed by atoms with Crippen molar-refractivity contribution < 1.29 is 27.8 Å². The summed E-state index contributed by atoms with van der Waals surface area (Å²) in [7, 11) is -1.84. The van der Waals surface area contributed by atoms with Crippen LogP contribution in [0.25, 0.3) is 21.9 Å². The highest BCUT2D eigenvalue weighted by Gasteiger charge is 2.39. The Bertz CT molecular complexity index is 2800. The van der Waals surface area contributed by atoms with Crippen molar-refractivity contribution in [3.63, 3.8) is 0 Å². The van der Waals surface area contributed by atoms with Crippen LogP contribution in [0.2, 0.25) is 0 Å². The van der Waals surface area contributed by atoms with Gasteiger partial charge in [0.15, 0.2) is 6.29 Å². The van der Waals surface area contributed by atoms with Crippen molar-refractivity contribution >= 4 is 26.7 Å². The van der Waals surface area contributed by atoms with Gasteiger partial charge in [0, 0.05) is 30.6 Å². The number of rotatable bonds is 16. The summed E-state index contributed by atoms with van der Waals surface area (Å²) in [6, 6.07) is 54.1. The molecular weight excluding hydrogens is 831 g/mol. The Morgan fingerprint density at radius 1 is 0.738 bits per heavy atom. The van der Waals surface area contributed by atoms with Gasteiger partial charge in [0.2, 0.25) is 15.9 Å². The second kappa shape index (κ2) is 20.5. The molecule has 9 nitrogen and oxygen atoms in total. The average Bonchev–Trinajstić information content (AvgIpc) is 3.33. The molecule has 10 heteroatoms. The van der Waals surface area contributed by atoms with Gasteiger partial charge in [-0.2, -0.15) is 4.72 Å². The van der Waals surface area contributed by atoms with E-state index in [1.807, 2.05) is 110 Å². The number of aliphatic hydroxyl groups is 1. The van der Waals surface area contributed by atoms with Crippen LogP contribution in [0.5, 0.6) is 0 Å². The molecule has 1 heterocycles. The first-order chi connectivity index (χ1) is 31.4. The van der Waals surface area contributed by atoms with Gasteiger partial charge in [-0.05, 0) is 95.2 Å². The van der Waals surface area contributed by atoms with Gasteiger partial charge in [0.05, 0.1) is 23.7 Å². The Morgan fingerprint density at radius 3 is 2.12 bits per heavy atom. The number of aryl methyl sites for hydroxylation is 1. The molecule has 334 valence electrons. The minimum absolute atomic E-state index is 0.0176. The maximum atomic E-state index is 13.9. The van der Waals surface area contributed by atoms with Crippen LogP contribution in [0.15, 0.2) is 175 Å². The van der Waals surface area contributed by atoms with Crippen molar-refractivity contribution in [1.29, 1.82) is 0 Å². The molecule has 1 aliphatic heterocycles. The molecule has 0 saturated carbocycles. The van der Waals surface area contributed by atoms with Gasteiger partial charge in [0.25, 0.3) is 0 Å². The fraction of sp³-hybridized carbons (Fsp3) is 0.255. The van der Waals surface area contributed by atoms with E-state index < -0.39 is 28.3 Å². The second-order valence-corrected chi connectivity index (χ2v) is 18.9. The second-order valence-electron chi connectivity index (χ2n) is 17.2. The van der Waals surface area contributed by atoms with Gasteiger partial charge in [-0.3, -0.25) is 9.69 Å². The lowest BCUT2D eigenvalue weighted by molar-refractivity contribution is -0.276. The van der Waals surface area contributed by atoms with E-state index in [0.29, 0.717) is 6.54 Å². The molecular formula is C55H57N3O6S. The summed E-state index contributed by atoms with van der Waals surface area (Å²) in [5, 5.41) is 15.2. The predicted molar refractivity (Wildman–Crippen MR) is 257 cm³/mol. The Labute approximate surface area is 383 Å². The Hall–Kier alpha value is -5.98. The summed E-state index contributed by atoms with van der Waals surface area (Å²) in [5.74, 6) is -0.410. The minimum atomic E-state index is -3.99. The topological polar surface area (TPSA) is 117 Å². The zero-order valence-electron chi connectivity index (χ0n) is 37.3. The standard InChI is InChI=1S/C55H57N3O6S/c1-37-18-30-49(31-19-37)65(61,62)57-51(32-40-12-6-5-7-13-40)54(60)56-34-48-16-10-11-17-50(48)43-25-27-45(28-26-43)55-63-52(38(2)53(64-55)44-22-20-41(36-59)21-23-44)35-58(4)39(3)46-29-24-42-14-8-9-15-47(42)33-46/h5-31,33,38-39,51-53,55,57,59H,32,34-36H2,1-4H3,(H,56,60)/t38-,39-,51-,52+,53+,55+/m1/s1. The number of likely N-dealkylation sites (N-methyl/N-ethyl adjacent to an activating group) is 1. The summed E-state index contributed by atoms with van der Waals surface area (Å²) in [4.78, 5) is 16.4. The highest BCUT2D eigenvalue weighted by atomic mass is 32.2. The van der Waals surface area contributed by atoms with Crippen molar-refractivity contribution in [1.82, 2.24) is 14.9 Å². The monoisotopic (exact) mass is 887 g/mol. The first kappa shape index (κ1) is 45.6. The van der Waals surface area contributed by atoms with E-state index in [-0.39, 0.29) is 48.6 Å². The van der Waals surface area contributed by atoms with E-state index in [2.05, 4.69) is 78.3 Å².